The molecule has 0 radical (unpaired) electrons. The van der Waals surface area contributed by atoms with Crippen molar-refractivity contribution >= 4 is 10.0 Å². The maximum Gasteiger partial charge on any atom is 0.247 e. The van der Waals surface area contributed by atoms with Crippen LogP contribution >= 0.6 is 0 Å². The minimum Gasteiger partial charge on any atom is -0.497 e. The summed E-state index contributed by atoms with van der Waals surface area (Å²) < 4.78 is 37.4. The molecule has 116 valence electrons. The number of sulfonamides is 1. The van der Waals surface area contributed by atoms with Gasteiger partial charge in [0.25, 0.3) is 0 Å². The Balaban J connectivity index is 1.98. The molecule has 22 heavy (non-hydrogen) atoms. The molecule has 1 aromatic carbocycles. The van der Waals surface area contributed by atoms with Gasteiger partial charge >= 0.3 is 0 Å². The molecule has 0 saturated carbocycles. The van der Waals surface area contributed by atoms with Crippen molar-refractivity contribution in [2.75, 3.05) is 14.2 Å². The summed E-state index contributed by atoms with van der Waals surface area (Å²) in [5.41, 5.74) is 1.72. The maximum atomic E-state index is 12.9. The Morgan fingerprint density at radius 3 is 2.64 bits per heavy atom. The molecule has 0 amide bonds. The van der Waals surface area contributed by atoms with Crippen molar-refractivity contribution < 1.29 is 17.9 Å². The van der Waals surface area contributed by atoms with Crippen molar-refractivity contribution in [2.24, 2.45) is 0 Å². The normalized spacial score (nSPS) is 14.6. The molecule has 1 aliphatic rings. The lowest BCUT2D eigenvalue weighted by Crippen LogP contribution is -2.26. The minimum atomic E-state index is -3.66. The molecule has 1 aromatic heterocycles. The van der Waals surface area contributed by atoms with Crippen LogP contribution in [0, 0.1) is 0 Å². The fourth-order valence-corrected chi connectivity index (χ4v) is 3.98. The Morgan fingerprint density at radius 1 is 1.14 bits per heavy atom. The molecule has 2 aromatic rings. The number of ether oxygens (including phenoxy) is 2. The summed E-state index contributed by atoms with van der Waals surface area (Å²) in [6.07, 6.45) is 1.67. The number of benzene rings is 1. The van der Waals surface area contributed by atoms with E-state index in [1.54, 1.807) is 18.3 Å². The second kappa shape index (κ2) is 5.58. The fourth-order valence-electron chi connectivity index (χ4n) is 2.47. The summed E-state index contributed by atoms with van der Waals surface area (Å²) in [4.78, 5) is 4.36. The van der Waals surface area contributed by atoms with Gasteiger partial charge in [-0.25, -0.2) is 8.42 Å². The van der Waals surface area contributed by atoms with Crippen LogP contribution in [0.25, 0.3) is 0 Å². The molecule has 0 spiro atoms. The second-order valence-electron chi connectivity index (χ2n) is 4.90. The quantitative estimate of drug-likeness (QED) is 0.859. The van der Waals surface area contributed by atoms with Crippen molar-refractivity contribution in [3.63, 3.8) is 0 Å². The number of aromatic nitrogens is 1. The van der Waals surface area contributed by atoms with E-state index in [0.717, 1.165) is 11.3 Å². The van der Waals surface area contributed by atoms with Crippen LogP contribution < -0.4 is 9.47 Å². The largest absolute Gasteiger partial charge is 0.497 e. The Hall–Kier alpha value is -2.12. The molecule has 0 fully saturated rings. The topological polar surface area (TPSA) is 68.7 Å². The standard InChI is InChI=1S/C15H16N2O4S/c1-20-12-5-6-15(14(8-12)21-2)22(18,19)17-9-11-4-3-7-16-13(11)10-17/h3-8H,9-10H2,1-2H3. The van der Waals surface area contributed by atoms with Gasteiger partial charge in [-0.3, -0.25) is 4.98 Å². The molecule has 0 atom stereocenters. The van der Waals surface area contributed by atoms with Gasteiger partial charge in [-0.1, -0.05) is 6.07 Å². The highest BCUT2D eigenvalue weighted by atomic mass is 32.2. The first kappa shape index (κ1) is 14.8. The zero-order valence-electron chi connectivity index (χ0n) is 12.3. The number of hydrogen-bond acceptors (Lipinski definition) is 5. The lowest BCUT2D eigenvalue weighted by molar-refractivity contribution is 0.380. The predicted octanol–water partition coefficient (Wildman–Crippen LogP) is 1.80. The third kappa shape index (κ3) is 2.42. The van der Waals surface area contributed by atoms with Gasteiger partial charge in [0.1, 0.15) is 16.4 Å². The van der Waals surface area contributed by atoms with Gasteiger partial charge in [0.2, 0.25) is 10.0 Å². The summed E-state index contributed by atoms with van der Waals surface area (Å²) >= 11 is 0. The highest BCUT2D eigenvalue weighted by molar-refractivity contribution is 7.89. The van der Waals surface area contributed by atoms with Crippen LogP contribution in [0.4, 0.5) is 0 Å². The van der Waals surface area contributed by atoms with Gasteiger partial charge in [0.05, 0.1) is 26.5 Å². The number of hydrogen-bond donors (Lipinski definition) is 0. The molecule has 2 heterocycles. The highest BCUT2D eigenvalue weighted by Crippen LogP contribution is 2.34. The van der Waals surface area contributed by atoms with Crippen LogP contribution in [0.3, 0.4) is 0 Å². The summed E-state index contributed by atoms with van der Waals surface area (Å²) in [7, 11) is -0.703. The minimum absolute atomic E-state index is 0.128. The lowest BCUT2D eigenvalue weighted by atomic mass is 10.2. The first-order valence-corrected chi connectivity index (χ1v) is 8.15. The molecule has 3 rings (SSSR count). The van der Waals surface area contributed by atoms with Gasteiger partial charge in [0.15, 0.2) is 0 Å². The van der Waals surface area contributed by atoms with E-state index in [1.165, 1.54) is 24.6 Å². The molecule has 0 saturated heterocycles. The third-order valence-electron chi connectivity index (χ3n) is 3.65. The molecule has 0 unspecified atom stereocenters. The average molecular weight is 320 g/mol. The van der Waals surface area contributed by atoms with Crippen molar-refractivity contribution in [3.8, 4) is 11.5 Å². The van der Waals surface area contributed by atoms with Gasteiger partial charge in [-0.15, -0.1) is 0 Å². The van der Waals surface area contributed by atoms with Crippen LogP contribution in [0.1, 0.15) is 11.3 Å². The van der Waals surface area contributed by atoms with E-state index in [-0.39, 0.29) is 17.2 Å². The fraction of sp³-hybridized carbons (Fsp3) is 0.267. The number of rotatable bonds is 4. The molecular formula is C15H16N2O4S. The van der Waals surface area contributed by atoms with Gasteiger partial charge in [-0.2, -0.15) is 4.31 Å². The maximum absolute atomic E-state index is 12.9. The van der Waals surface area contributed by atoms with Crippen LogP contribution in [-0.2, 0) is 23.1 Å². The Morgan fingerprint density at radius 2 is 1.95 bits per heavy atom. The van der Waals surface area contributed by atoms with E-state index >= 15 is 0 Å². The summed E-state index contributed by atoms with van der Waals surface area (Å²) in [5.74, 6) is 0.811. The zero-order chi connectivity index (χ0) is 15.7. The molecule has 0 aliphatic carbocycles. The predicted molar refractivity (Wildman–Crippen MR) is 80.2 cm³/mol. The third-order valence-corrected chi connectivity index (χ3v) is 5.48. The molecule has 6 nitrogen and oxygen atoms in total. The molecular weight excluding hydrogens is 304 g/mol. The number of nitrogens with zero attached hydrogens (tertiary/aromatic N) is 2. The Kier molecular flexibility index (Phi) is 3.76. The first-order chi connectivity index (χ1) is 10.6. The SMILES string of the molecule is COc1ccc(S(=O)(=O)N2Cc3cccnc3C2)c(OC)c1. The number of methoxy groups -OCH3 is 2. The number of fused-ring (bicyclic) bond motifs is 1. The van der Waals surface area contributed by atoms with E-state index in [9.17, 15) is 8.42 Å². The summed E-state index contributed by atoms with van der Waals surface area (Å²) in [6.45, 7) is 0.592. The highest BCUT2D eigenvalue weighted by Gasteiger charge is 2.33. The average Bonchev–Trinajstić information content (AvgIpc) is 2.99. The van der Waals surface area contributed by atoms with Crippen molar-refractivity contribution in [2.45, 2.75) is 18.0 Å². The first-order valence-electron chi connectivity index (χ1n) is 6.71. The van der Waals surface area contributed by atoms with Crippen molar-refractivity contribution in [3.05, 3.63) is 47.8 Å². The molecule has 0 bridgehead atoms. The van der Waals surface area contributed by atoms with Crippen molar-refractivity contribution in [1.82, 2.24) is 9.29 Å². The molecule has 0 N–H and O–H groups in total. The van der Waals surface area contributed by atoms with Gasteiger partial charge in [0, 0.05) is 18.8 Å². The van der Waals surface area contributed by atoms with E-state index < -0.39 is 10.0 Å². The van der Waals surface area contributed by atoms with Crippen LogP contribution in [0.15, 0.2) is 41.4 Å². The molecule has 1 aliphatic heterocycles. The Bertz CT molecular complexity index is 780. The van der Waals surface area contributed by atoms with Crippen LogP contribution in [-0.4, -0.2) is 31.9 Å². The lowest BCUT2D eigenvalue weighted by Gasteiger charge is -2.18. The smallest absolute Gasteiger partial charge is 0.247 e. The monoisotopic (exact) mass is 320 g/mol. The van der Waals surface area contributed by atoms with Gasteiger partial charge in [-0.05, 0) is 23.8 Å². The number of pyridine rings is 1. The van der Waals surface area contributed by atoms with E-state index in [4.69, 9.17) is 9.47 Å². The van der Waals surface area contributed by atoms with Crippen LogP contribution in [0.2, 0.25) is 0 Å². The van der Waals surface area contributed by atoms with E-state index in [1.807, 2.05) is 12.1 Å². The zero-order valence-corrected chi connectivity index (χ0v) is 13.1. The van der Waals surface area contributed by atoms with Gasteiger partial charge < -0.3 is 9.47 Å². The summed E-state index contributed by atoms with van der Waals surface area (Å²) in [5, 5.41) is 0. The van der Waals surface area contributed by atoms with Crippen LogP contribution in [0.5, 0.6) is 11.5 Å². The van der Waals surface area contributed by atoms with E-state index in [0.29, 0.717) is 12.3 Å². The second-order valence-corrected chi connectivity index (χ2v) is 6.81. The summed E-state index contributed by atoms with van der Waals surface area (Å²) in [6, 6.07) is 8.38. The van der Waals surface area contributed by atoms with Crippen molar-refractivity contribution in [1.29, 1.82) is 0 Å². The van der Waals surface area contributed by atoms with E-state index in [2.05, 4.69) is 4.98 Å². The molecule has 7 heteroatoms. The Labute approximate surface area is 129 Å².